The Bertz CT molecular complexity index is 457. The summed E-state index contributed by atoms with van der Waals surface area (Å²) in [6.45, 7) is -3.14. The predicted molar refractivity (Wildman–Crippen MR) is 52.2 cm³/mol. The molecule has 1 rings (SSSR count). The third-order valence-corrected chi connectivity index (χ3v) is 1.76. The van der Waals surface area contributed by atoms with Gasteiger partial charge in [0.05, 0.1) is 5.56 Å². The second-order valence-corrected chi connectivity index (χ2v) is 2.93. The largest absolute Gasteiger partial charge is 0.445 e. The lowest BCUT2D eigenvalue weighted by Gasteiger charge is -2.08. The van der Waals surface area contributed by atoms with Crippen LogP contribution in [0.25, 0.3) is 0 Å². The van der Waals surface area contributed by atoms with Gasteiger partial charge in [0.2, 0.25) is 0 Å². The Morgan fingerprint density at radius 2 is 2.24 bits per heavy atom. The van der Waals surface area contributed by atoms with E-state index in [2.05, 4.69) is 9.47 Å². The molecular weight excluding hydrogens is 234 g/mol. The van der Waals surface area contributed by atoms with Crippen molar-refractivity contribution in [1.82, 2.24) is 0 Å². The summed E-state index contributed by atoms with van der Waals surface area (Å²) >= 11 is 0. The smallest absolute Gasteiger partial charge is 0.404 e. The molecule has 17 heavy (non-hydrogen) atoms. The molecule has 0 fully saturated rings. The number of carbonyl (C=O) groups excluding carboxylic acids is 1. The highest BCUT2D eigenvalue weighted by atomic mass is 19.3. The molecule has 2 N–H and O–H groups in total. The summed E-state index contributed by atoms with van der Waals surface area (Å²) < 4.78 is 32.6. The minimum atomic E-state index is -3.00. The van der Waals surface area contributed by atoms with Gasteiger partial charge < -0.3 is 15.2 Å². The molecule has 0 aromatic heterocycles. The van der Waals surface area contributed by atoms with Crippen molar-refractivity contribution >= 4 is 6.09 Å². The average Bonchev–Trinajstić information content (AvgIpc) is 2.26. The van der Waals surface area contributed by atoms with E-state index in [9.17, 15) is 13.6 Å². The highest BCUT2D eigenvalue weighted by Crippen LogP contribution is 2.21. The van der Waals surface area contributed by atoms with Crippen LogP contribution in [0.4, 0.5) is 13.6 Å². The van der Waals surface area contributed by atoms with Gasteiger partial charge in [-0.1, -0.05) is 6.07 Å². The summed E-state index contributed by atoms with van der Waals surface area (Å²) in [5, 5.41) is 8.73. The van der Waals surface area contributed by atoms with Crippen LogP contribution in [0.15, 0.2) is 18.2 Å². The van der Waals surface area contributed by atoms with E-state index in [1.54, 1.807) is 6.07 Å². The molecule has 0 unspecified atom stereocenters. The van der Waals surface area contributed by atoms with E-state index in [0.29, 0.717) is 5.56 Å². The summed E-state index contributed by atoms with van der Waals surface area (Å²) in [6, 6.07) is 5.57. The van der Waals surface area contributed by atoms with Crippen molar-refractivity contribution < 1.29 is 23.0 Å². The van der Waals surface area contributed by atoms with Crippen molar-refractivity contribution in [2.75, 3.05) is 0 Å². The Labute approximate surface area is 95.3 Å². The average molecular weight is 242 g/mol. The first kappa shape index (κ1) is 12.7. The minimum absolute atomic E-state index is 0.0733. The van der Waals surface area contributed by atoms with Gasteiger partial charge in [0.25, 0.3) is 0 Å². The predicted octanol–water partition coefficient (Wildman–Crippen LogP) is 1.75. The minimum Gasteiger partial charge on any atom is -0.445 e. The fourth-order valence-corrected chi connectivity index (χ4v) is 1.11. The Balaban J connectivity index is 2.85. The number of nitrogens with two attached hydrogens (primary N) is 1. The molecule has 5 nitrogen and oxygen atoms in total. The zero-order valence-corrected chi connectivity index (χ0v) is 8.52. The summed E-state index contributed by atoms with van der Waals surface area (Å²) in [5.41, 5.74) is 5.13. The van der Waals surface area contributed by atoms with E-state index in [1.165, 1.54) is 18.2 Å². The fraction of sp³-hybridized carbons (Fsp3) is 0.200. The lowest BCUT2D eigenvalue weighted by atomic mass is 10.1. The van der Waals surface area contributed by atoms with Gasteiger partial charge in [0.1, 0.15) is 18.4 Å². The molecule has 0 heterocycles. The third kappa shape index (κ3) is 3.95. The maximum absolute atomic E-state index is 12.0. The number of amides is 1. The maximum atomic E-state index is 12.0. The van der Waals surface area contributed by atoms with Crippen molar-refractivity contribution in [1.29, 1.82) is 5.26 Å². The summed E-state index contributed by atoms with van der Waals surface area (Å²) in [6.07, 6.45) is -0.962. The van der Waals surface area contributed by atoms with Crippen LogP contribution in [0, 0.1) is 11.3 Å². The number of hydrogen-bond acceptors (Lipinski definition) is 4. The molecule has 0 saturated carbocycles. The van der Waals surface area contributed by atoms with Gasteiger partial charge in [-0.25, -0.2) is 4.79 Å². The van der Waals surface area contributed by atoms with E-state index in [4.69, 9.17) is 11.0 Å². The van der Waals surface area contributed by atoms with E-state index < -0.39 is 12.7 Å². The number of rotatable bonds is 4. The Morgan fingerprint density at radius 3 is 2.76 bits per heavy atom. The van der Waals surface area contributed by atoms with Crippen LogP contribution in [0.5, 0.6) is 5.75 Å². The number of nitriles is 1. The fourth-order valence-electron chi connectivity index (χ4n) is 1.11. The molecule has 1 aromatic carbocycles. The van der Waals surface area contributed by atoms with Crippen LogP contribution in [0.3, 0.4) is 0 Å². The second-order valence-electron chi connectivity index (χ2n) is 2.93. The van der Waals surface area contributed by atoms with Crippen LogP contribution in [0.2, 0.25) is 0 Å². The number of nitrogens with zero attached hydrogens (tertiary/aromatic N) is 1. The van der Waals surface area contributed by atoms with Gasteiger partial charge in [-0.3, -0.25) is 0 Å². The number of ether oxygens (including phenoxy) is 2. The highest BCUT2D eigenvalue weighted by Gasteiger charge is 2.10. The van der Waals surface area contributed by atoms with Crippen molar-refractivity contribution in [3.63, 3.8) is 0 Å². The highest BCUT2D eigenvalue weighted by molar-refractivity contribution is 5.64. The first-order valence-electron chi connectivity index (χ1n) is 4.43. The summed E-state index contributed by atoms with van der Waals surface area (Å²) in [7, 11) is 0. The van der Waals surface area contributed by atoms with Crippen LogP contribution >= 0.6 is 0 Å². The quantitative estimate of drug-likeness (QED) is 0.871. The molecule has 1 aromatic rings. The molecule has 90 valence electrons. The molecule has 0 aliphatic heterocycles. The molecule has 0 spiro atoms. The summed E-state index contributed by atoms with van der Waals surface area (Å²) in [5.74, 6) is -0.231. The zero-order chi connectivity index (χ0) is 12.8. The molecule has 0 radical (unpaired) electrons. The Morgan fingerprint density at radius 1 is 1.53 bits per heavy atom. The second kappa shape index (κ2) is 5.65. The first-order chi connectivity index (χ1) is 8.02. The molecule has 0 aliphatic carbocycles. The first-order valence-corrected chi connectivity index (χ1v) is 4.43. The van der Waals surface area contributed by atoms with Crippen molar-refractivity contribution in [2.45, 2.75) is 13.2 Å². The number of primary amides is 1. The molecule has 0 atom stereocenters. The molecule has 0 aliphatic rings. The van der Waals surface area contributed by atoms with Crippen LogP contribution < -0.4 is 10.5 Å². The van der Waals surface area contributed by atoms with E-state index >= 15 is 0 Å². The standard InChI is InChI=1S/C10H8F2N2O3/c11-9(12)17-8-2-1-6(3-7(8)4-13)5-16-10(14)15/h1-3,9H,5H2,(H2,14,15). The van der Waals surface area contributed by atoms with Crippen molar-refractivity contribution in [3.8, 4) is 11.8 Å². The topological polar surface area (TPSA) is 85.3 Å². The van der Waals surface area contributed by atoms with E-state index in [-0.39, 0.29) is 17.9 Å². The van der Waals surface area contributed by atoms with Crippen LogP contribution in [-0.4, -0.2) is 12.7 Å². The van der Waals surface area contributed by atoms with Gasteiger partial charge >= 0.3 is 12.7 Å². The van der Waals surface area contributed by atoms with Crippen molar-refractivity contribution in [2.24, 2.45) is 5.73 Å². The van der Waals surface area contributed by atoms with Gasteiger partial charge in [0.15, 0.2) is 0 Å². The van der Waals surface area contributed by atoms with Crippen LogP contribution in [0.1, 0.15) is 11.1 Å². The number of carbonyl (C=O) groups is 1. The van der Waals surface area contributed by atoms with Gasteiger partial charge in [0, 0.05) is 0 Å². The number of halogens is 2. The Hall–Kier alpha value is -2.36. The SMILES string of the molecule is N#Cc1cc(COC(N)=O)ccc1OC(F)F. The zero-order valence-electron chi connectivity index (χ0n) is 8.52. The van der Waals surface area contributed by atoms with E-state index in [1.807, 2.05) is 0 Å². The monoisotopic (exact) mass is 242 g/mol. The van der Waals surface area contributed by atoms with Crippen molar-refractivity contribution in [3.05, 3.63) is 29.3 Å². The van der Waals surface area contributed by atoms with Gasteiger partial charge in [-0.15, -0.1) is 0 Å². The van der Waals surface area contributed by atoms with Gasteiger partial charge in [-0.05, 0) is 17.7 Å². The number of hydrogen-bond donors (Lipinski definition) is 1. The Kier molecular flexibility index (Phi) is 4.22. The number of alkyl halides is 2. The van der Waals surface area contributed by atoms with Crippen LogP contribution in [-0.2, 0) is 11.3 Å². The normalized spacial score (nSPS) is 9.76. The van der Waals surface area contributed by atoms with E-state index in [0.717, 1.165) is 0 Å². The maximum Gasteiger partial charge on any atom is 0.404 e. The molecule has 0 bridgehead atoms. The molecule has 1 amide bonds. The summed E-state index contributed by atoms with van der Waals surface area (Å²) in [4.78, 5) is 10.4. The van der Waals surface area contributed by atoms with Gasteiger partial charge in [-0.2, -0.15) is 14.0 Å². The lowest BCUT2D eigenvalue weighted by Crippen LogP contribution is -2.12. The molecule has 0 saturated heterocycles. The molecular formula is C10H8F2N2O3. The third-order valence-electron chi connectivity index (χ3n) is 1.76. The lowest BCUT2D eigenvalue weighted by molar-refractivity contribution is -0.0500. The number of benzene rings is 1. The molecule has 7 heteroatoms.